The third-order valence-electron chi connectivity index (χ3n) is 4.91. The van der Waals surface area contributed by atoms with E-state index in [0.717, 1.165) is 28.8 Å². The molecule has 1 amide bonds. The number of para-hydroxylation sites is 1. The van der Waals surface area contributed by atoms with E-state index in [4.69, 9.17) is 4.74 Å². The Bertz CT molecular complexity index is 786. The summed E-state index contributed by atoms with van der Waals surface area (Å²) in [6.07, 6.45) is 0. The number of anilines is 1. The predicted octanol–water partition coefficient (Wildman–Crippen LogP) is 5.12. The molecule has 1 aromatic carbocycles. The minimum absolute atomic E-state index is 0.00315. The monoisotopic (exact) mass is 403 g/mol. The summed E-state index contributed by atoms with van der Waals surface area (Å²) in [5, 5.41) is 4.04. The van der Waals surface area contributed by atoms with E-state index in [9.17, 15) is 4.79 Å². The molecule has 28 heavy (non-hydrogen) atoms. The first-order chi connectivity index (χ1) is 13.3. The lowest BCUT2D eigenvalue weighted by Crippen LogP contribution is -2.18. The number of amides is 1. The lowest BCUT2D eigenvalue weighted by molar-refractivity contribution is -0.113. The molecule has 0 unspecified atom stereocenters. The Labute approximate surface area is 173 Å². The summed E-state index contributed by atoms with van der Waals surface area (Å²) in [5.74, 6) is 1.02. The van der Waals surface area contributed by atoms with E-state index < -0.39 is 0 Å². The molecule has 1 heterocycles. The highest BCUT2D eigenvalue weighted by Crippen LogP contribution is 2.32. The fourth-order valence-electron chi connectivity index (χ4n) is 3.18. The van der Waals surface area contributed by atoms with Crippen molar-refractivity contribution in [2.75, 3.05) is 24.8 Å². The fraction of sp³-hybridized carbons (Fsp3) is 0.545. The van der Waals surface area contributed by atoms with Gasteiger partial charge < -0.3 is 14.6 Å². The van der Waals surface area contributed by atoms with Crippen LogP contribution in [0.1, 0.15) is 62.0 Å². The van der Waals surface area contributed by atoms with Gasteiger partial charge in [-0.3, -0.25) is 4.79 Å². The zero-order chi connectivity index (χ0) is 20.8. The Balaban J connectivity index is 2.15. The molecule has 2 rings (SSSR count). The molecule has 0 atom stereocenters. The second-order valence-electron chi connectivity index (χ2n) is 7.67. The highest BCUT2D eigenvalue weighted by molar-refractivity contribution is 7.99. The average molecular weight is 404 g/mol. The summed E-state index contributed by atoms with van der Waals surface area (Å²) < 4.78 is 7.33. The topological polar surface area (TPSA) is 56.1 Å². The number of benzene rings is 1. The molecule has 0 radical (unpaired) electrons. The van der Waals surface area contributed by atoms with Gasteiger partial charge in [0.25, 0.3) is 0 Å². The van der Waals surface area contributed by atoms with E-state index in [0.29, 0.717) is 24.2 Å². The first-order valence-electron chi connectivity index (χ1n) is 9.84. The number of aryl methyl sites for hydroxylation is 1. The van der Waals surface area contributed by atoms with E-state index >= 15 is 0 Å². The molecule has 1 aromatic heterocycles. The lowest BCUT2D eigenvalue weighted by atomic mass is 9.92. The highest BCUT2D eigenvalue weighted by Gasteiger charge is 2.17. The quantitative estimate of drug-likeness (QED) is 0.590. The van der Waals surface area contributed by atoms with E-state index in [1.54, 1.807) is 7.11 Å². The Kier molecular flexibility index (Phi) is 8.13. The van der Waals surface area contributed by atoms with Crippen LogP contribution < -0.4 is 5.32 Å². The summed E-state index contributed by atoms with van der Waals surface area (Å²) >= 11 is 1.47. The van der Waals surface area contributed by atoms with E-state index in [1.807, 2.05) is 6.92 Å². The predicted molar refractivity (Wildman–Crippen MR) is 118 cm³/mol. The van der Waals surface area contributed by atoms with Crippen molar-refractivity contribution in [2.45, 2.75) is 65.1 Å². The summed E-state index contributed by atoms with van der Waals surface area (Å²) in [6.45, 7) is 14.0. The Morgan fingerprint density at radius 2 is 1.79 bits per heavy atom. The van der Waals surface area contributed by atoms with Gasteiger partial charge in [-0.2, -0.15) is 0 Å². The molecule has 0 aliphatic carbocycles. The van der Waals surface area contributed by atoms with Crippen molar-refractivity contribution in [3.63, 3.8) is 0 Å². The molecule has 0 aliphatic rings. The fourth-order valence-corrected chi connectivity index (χ4v) is 4.10. The summed E-state index contributed by atoms with van der Waals surface area (Å²) in [5.41, 5.74) is 5.43. The van der Waals surface area contributed by atoms with Gasteiger partial charge in [0.2, 0.25) is 5.91 Å². The molecular weight excluding hydrogens is 370 g/mol. The molecule has 0 spiro atoms. The van der Waals surface area contributed by atoms with Crippen molar-refractivity contribution in [1.29, 1.82) is 0 Å². The number of imidazole rings is 1. The van der Waals surface area contributed by atoms with Crippen LogP contribution in [0.4, 0.5) is 5.69 Å². The maximum Gasteiger partial charge on any atom is 0.234 e. The number of carbonyl (C=O) groups is 1. The summed E-state index contributed by atoms with van der Waals surface area (Å²) in [4.78, 5) is 17.4. The second kappa shape index (κ2) is 10.1. The van der Waals surface area contributed by atoms with Gasteiger partial charge in [-0.15, -0.1) is 0 Å². The van der Waals surface area contributed by atoms with Crippen LogP contribution in [0.2, 0.25) is 0 Å². The average Bonchev–Trinajstić information content (AvgIpc) is 2.91. The number of ether oxygens (including phenoxy) is 1. The van der Waals surface area contributed by atoms with Gasteiger partial charge >= 0.3 is 0 Å². The maximum atomic E-state index is 12.8. The van der Waals surface area contributed by atoms with Gasteiger partial charge in [-0.1, -0.05) is 57.7 Å². The van der Waals surface area contributed by atoms with Crippen LogP contribution in [-0.2, 0) is 16.1 Å². The number of hydrogen-bond donors (Lipinski definition) is 1. The number of methoxy groups -OCH3 is 1. The molecule has 2 aromatic rings. The van der Waals surface area contributed by atoms with Crippen molar-refractivity contribution in [3.8, 4) is 0 Å². The Morgan fingerprint density at radius 3 is 2.32 bits per heavy atom. The SMILES string of the molecule is COCCn1c(SCC(=O)Nc2c(C(C)C)cccc2C(C)C)nc(C)c1C. The standard InChI is InChI=1S/C22H33N3O2S/c1-14(2)18-9-8-10-19(15(3)4)21(18)24-20(26)13-28-22-23-16(5)17(6)25(22)11-12-27-7/h8-10,14-15H,11-13H2,1-7H3,(H,24,26). The number of rotatable bonds is 9. The first kappa shape index (κ1) is 22.5. The third kappa shape index (κ3) is 5.39. The zero-order valence-electron chi connectivity index (χ0n) is 18.1. The van der Waals surface area contributed by atoms with Crippen molar-refractivity contribution in [2.24, 2.45) is 0 Å². The van der Waals surface area contributed by atoms with Crippen molar-refractivity contribution in [3.05, 3.63) is 40.7 Å². The van der Waals surface area contributed by atoms with Crippen LogP contribution >= 0.6 is 11.8 Å². The van der Waals surface area contributed by atoms with Gasteiger partial charge in [0.1, 0.15) is 0 Å². The molecule has 0 aliphatic heterocycles. The van der Waals surface area contributed by atoms with Gasteiger partial charge in [0, 0.05) is 25.0 Å². The van der Waals surface area contributed by atoms with Crippen LogP contribution in [0.3, 0.4) is 0 Å². The first-order valence-corrected chi connectivity index (χ1v) is 10.8. The Hall–Kier alpha value is -1.79. The maximum absolute atomic E-state index is 12.8. The number of nitrogens with zero attached hydrogens (tertiary/aromatic N) is 2. The van der Waals surface area contributed by atoms with E-state index in [1.165, 1.54) is 22.9 Å². The molecule has 6 heteroatoms. The number of hydrogen-bond acceptors (Lipinski definition) is 4. The van der Waals surface area contributed by atoms with Gasteiger partial charge in [-0.05, 0) is 36.8 Å². The second-order valence-corrected chi connectivity index (χ2v) is 8.61. The smallest absolute Gasteiger partial charge is 0.234 e. The van der Waals surface area contributed by atoms with Gasteiger partial charge in [0.15, 0.2) is 5.16 Å². The molecule has 0 saturated carbocycles. The number of nitrogens with one attached hydrogen (secondary N) is 1. The number of carbonyl (C=O) groups excluding carboxylic acids is 1. The normalized spacial score (nSPS) is 11.5. The number of thioether (sulfide) groups is 1. The van der Waals surface area contributed by atoms with Crippen LogP contribution in [0.5, 0.6) is 0 Å². The Morgan fingerprint density at radius 1 is 1.18 bits per heavy atom. The zero-order valence-corrected chi connectivity index (χ0v) is 18.9. The minimum atomic E-state index is -0.00315. The minimum Gasteiger partial charge on any atom is -0.383 e. The molecular formula is C22H33N3O2S. The lowest BCUT2D eigenvalue weighted by Gasteiger charge is -2.20. The van der Waals surface area contributed by atoms with Crippen molar-refractivity contribution < 1.29 is 9.53 Å². The molecule has 5 nitrogen and oxygen atoms in total. The summed E-state index contributed by atoms with van der Waals surface area (Å²) in [7, 11) is 1.69. The van der Waals surface area contributed by atoms with Crippen LogP contribution in [0, 0.1) is 13.8 Å². The van der Waals surface area contributed by atoms with Crippen LogP contribution in [-0.4, -0.2) is 34.9 Å². The number of aromatic nitrogens is 2. The molecule has 154 valence electrons. The van der Waals surface area contributed by atoms with E-state index in [2.05, 4.69) is 67.7 Å². The highest BCUT2D eigenvalue weighted by atomic mass is 32.2. The van der Waals surface area contributed by atoms with Crippen molar-refractivity contribution in [1.82, 2.24) is 9.55 Å². The molecule has 0 fully saturated rings. The van der Waals surface area contributed by atoms with Gasteiger partial charge in [0.05, 0.1) is 18.1 Å². The van der Waals surface area contributed by atoms with Gasteiger partial charge in [-0.25, -0.2) is 4.98 Å². The molecule has 0 saturated heterocycles. The molecule has 1 N–H and O–H groups in total. The molecule has 0 bridgehead atoms. The third-order valence-corrected chi connectivity index (χ3v) is 5.89. The largest absolute Gasteiger partial charge is 0.383 e. The van der Waals surface area contributed by atoms with Crippen LogP contribution in [0.15, 0.2) is 23.4 Å². The van der Waals surface area contributed by atoms with Crippen molar-refractivity contribution >= 4 is 23.4 Å². The summed E-state index contributed by atoms with van der Waals surface area (Å²) in [6, 6.07) is 6.28. The van der Waals surface area contributed by atoms with Crippen LogP contribution in [0.25, 0.3) is 0 Å². The van der Waals surface area contributed by atoms with E-state index in [-0.39, 0.29) is 5.91 Å².